The van der Waals surface area contributed by atoms with E-state index in [-0.39, 0.29) is 11.9 Å². The van der Waals surface area contributed by atoms with E-state index in [1.807, 2.05) is 55.5 Å². The molecule has 3 rings (SSSR count). The first kappa shape index (κ1) is 18.5. The predicted octanol–water partition coefficient (Wildman–Crippen LogP) is 3.50. The molecule has 1 saturated heterocycles. The van der Waals surface area contributed by atoms with Gasteiger partial charge in [-0.25, -0.2) is 0 Å². The van der Waals surface area contributed by atoms with E-state index in [2.05, 4.69) is 15.1 Å². The molecule has 6 heteroatoms. The minimum absolute atomic E-state index is 0.00977. The van der Waals surface area contributed by atoms with Crippen LogP contribution in [-0.2, 0) is 4.79 Å². The number of carbonyl (C=O) groups is 1. The summed E-state index contributed by atoms with van der Waals surface area (Å²) in [6.07, 6.45) is 0. The summed E-state index contributed by atoms with van der Waals surface area (Å²) in [4.78, 5) is 17.1. The second-order valence-corrected chi connectivity index (χ2v) is 6.78. The third-order valence-corrected chi connectivity index (χ3v) is 5.09. The van der Waals surface area contributed by atoms with E-state index >= 15 is 0 Å². The van der Waals surface area contributed by atoms with E-state index in [1.165, 1.54) is 0 Å². The van der Waals surface area contributed by atoms with Gasteiger partial charge in [0.2, 0.25) is 5.91 Å². The lowest BCUT2D eigenvalue weighted by molar-refractivity contribution is -0.120. The number of para-hydroxylation sites is 1. The Morgan fingerprint density at radius 1 is 1.12 bits per heavy atom. The lowest BCUT2D eigenvalue weighted by Crippen LogP contribution is -2.52. The molecule has 0 spiro atoms. The maximum absolute atomic E-state index is 12.6. The Labute approximate surface area is 159 Å². The van der Waals surface area contributed by atoms with E-state index in [0.29, 0.717) is 0 Å². The quantitative estimate of drug-likeness (QED) is 0.871. The Morgan fingerprint density at radius 3 is 2.54 bits per heavy atom. The number of anilines is 2. The number of amides is 1. The second-order valence-electron chi connectivity index (χ2n) is 6.37. The van der Waals surface area contributed by atoms with Gasteiger partial charge in [0.05, 0.1) is 23.9 Å². The normalized spacial score (nSPS) is 16.2. The first-order valence-electron chi connectivity index (χ1n) is 8.77. The van der Waals surface area contributed by atoms with Gasteiger partial charge < -0.3 is 15.0 Å². The summed E-state index contributed by atoms with van der Waals surface area (Å²) in [5, 5.41) is 3.74. The Morgan fingerprint density at radius 2 is 1.85 bits per heavy atom. The molecule has 1 amide bonds. The van der Waals surface area contributed by atoms with Crippen LogP contribution in [0.5, 0.6) is 5.75 Å². The number of carbonyl (C=O) groups excluding carboxylic acids is 1. The topological polar surface area (TPSA) is 44.8 Å². The number of benzene rings is 2. The van der Waals surface area contributed by atoms with Gasteiger partial charge in [0.1, 0.15) is 5.75 Å². The molecule has 5 nitrogen and oxygen atoms in total. The largest absolute Gasteiger partial charge is 0.497 e. The molecule has 1 fully saturated rings. The Hall–Kier alpha value is -2.24. The average Bonchev–Trinajstić information content (AvgIpc) is 2.68. The summed E-state index contributed by atoms with van der Waals surface area (Å²) in [6, 6.07) is 15.1. The van der Waals surface area contributed by atoms with Crippen LogP contribution in [0.25, 0.3) is 0 Å². The van der Waals surface area contributed by atoms with Crippen molar-refractivity contribution < 1.29 is 9.53 Å². The molecule has 0 bridgehead atoms. The minimum Gasteiger partial charge on any atom is -0.497 e. The van der Waals surface area contributed by atoms with E-state index in [1.54, 1.807) is 7.11 Å². The molecule has 138 valence electrons. The van der Waals surface area contributed by atoms with Crippen molar-refractivity contribution >= 4 is 28.9 Å². The van der Waals surface area contributed by atoms with Crippen molar-refractivity contribution in [2.75, 3.05) is 43.5 Å². The third-order valence-electron chi connectivity index (χ3n) is 4.77. The molecule has 0 saturated carbocycles. The molecule has 0 radical (unpaired) electrons. The number of rotatable bonds is 5. The minimum atomic E-state index is -0.199. The van der Waals surface area contributed by atoms with Crippen LogP contribution in [0.4, 0.5) is 11.4 Å². The van der Waals surface area contributed by atoms with Crippen molar-refractivity contribution in [2.45, 2.75) is 13.0 Å². The smallest absolute Gasteiger partial charge is 0.241 e. The lowest BCUT2D eigenvalue weighted by atomic mass is 10.2. The van der Waals surface area contributed by atoms with Crippen LogP contribution in [0.15, 0.2) is 48.5 Å². The Balaban J connectivity index is 1.56. The fourth-order valence-electron chi connectivity index (χ4n) is 3.17. The maximum atomic E-state index is 12.6. The van der Waals surface area contributed by atoms with Gasteiger partial charge in [0, 0.05) is 37.9 Å². The average molecular weight is 374 g/mol. The van der Waals surface area contributed by atoms with Crippen molar-refractivity contribution in [2.24, 2.45) is 0 Å². The number of nitrogens with zero attached hydrogens (tertiary/aromatic N) is 2. The monoisotopic (exact) mass is 373 g/mol. The summed E-state index contributed by atoms with van der Waals surface area (Å²) in [7, 11) is 1.61. The summed E-state index contributed by atoms with van der Waals surface area (Å²) in [6.45, 7) is 5.28. The van der Waals surface area contributed by atoms with E-state index < -0.39 is 0 Å². The molecule has 2 aromatic carbocycles. The first-order chi connectivity index (χ1) is 12.6. The van der Waals surface area contributed by atoms with Gasteiger partial charge in [-0.05, 0) is 31.2 Å². The van der Waals surface area contributed by atoms with E-state index in [4.69, 9.17) is 16.3 Å². The highest BCUT2D eigenvalue weighted by Gasteiger charge is 2.26. The molecular weight excluding hydrogens is 350 g/mol. The second kappa shape index (κ2) is 8.43. The molecule has 2 aromatic rings. The van der Waals surface area contributed by atoms with Crippen LogP contribution in [0.3, 0.4) is 0 Å². The molecule has 0 unspecified atom stereocenters. The van der Waals surface area contributed by atoms with Crippen molar-refractivity contribution in [3.8, 4) is 5.75 Å². The number of methoxy groups -OCH3 is 1. The zero-order chi connectivity index (χ0) is 18.5. The summed E-state index contributed by atoms with van der Waals surface area (Å²) in [5.74, 6) is 0.716. The molecule has 1 aliphatic rings. The fourth-order valence-corrected chi connectivity index (χ4v) is 3.43. The summed E-state index contributed by atoms with van der Waals surface area (Å²) in [5.41, 5.74) is 1.80. The van der Waals surface area contributed by atoms with Gasteiger partial charge in [-0.3, -0.25) is 9.69 Å². The number of ether oxygens (including phenoxy) is 1. The van der Waals surface area contributed by atoms with Crippen molar-refractivity contribution in [3.05, 3.63) is 53.6 Å². The lowest BCUT2D eigenvalue weighted by Gasteiger charge is -2.38. The highest BCUT2D eigenvalue weighted by molar-refractivity contribution is 6.33. The Kier molecular flexibility index (Phi) is 6.01. The summed E-state index contributed by atoms with van der Waals surface area (Å²) >= 11 is 6.29. The van der Waals surface area contributed by atoms with Crippen molar-refractivity contribution in [1.29, 1.82) is 0 Å². The number of hydrogen-bond donors (Lipinski definition) is 1. The number of nitrogens with one attached hydrogen (secondary N) is 1. The maximum Gasteiger partial charge on any atom is 0.241 e. The zero-order valence-corrected chi connectivity index (χ0v) is 15.9. The number of halogens is 1. The molecule has 26 heavy (non-hydrogen) atoms. The van der Waals surface area contributed by atoms with Crippen LogP contribution in [0, 0.1) is 0 Å². The third kappa shape index (κ3) is 4.29. The Bertz CT molecular complexity index is 760. The van der Waals surface area contributed by atoms with Gasteiger partial charge >= 0.3 is 0 Å². The van der Waals surface area contributed by atoms with Gasteiger partial charge in [0.25, 0.3) is 0 Å². The first-order valence-corrected chi connectivity index (χ1v) is 9.14. The zero-order valence-electron chi connectivity index (χ0n) is 15.1. The van der Waals surface area contributed by atoms with Gasteiger partial charge in [-0.1, -0.05) is 29.8 Å². The molecule has 0 aromatic heterocycles. The van der Waals surface area contributed by atoms with Gasteiger partial charge in [0.15, 0.2) is 0 Å². The number of hydrogen-bond acceptors (Lipinski definition) is 4. The summed E-state index contributed by atoms with van der Waals surface area (Å²) < 4.78 is 5.20. The molecule has 0 aliphatic carbocycles. The van der Waals surface area contributed by atoms with Gasteiger partial charge in [-0.15, -0.1) is 0 Å². The van der Waals surface area contributed by atoms with E-state index in [0.717, 1.165) is 48.3 Å². The van der Waals surface area contributed by atoms with Crippen LogP contribution in [0.1, 0.15) is 6.92 Å². The van der Waals surface area contributed by atoms with Crippen molar-refractivity contribution in [3.63, 3.8) is 0 Å². The highest BCUT2D eigenvalue weighted by Crippen LogP contribution is 2.26. The highest BCUT2D eigenvalue weighted by atomic mass is 35.5. The fraction of sp³-hybridized carbons (Fsp3) is 0.350. The molecule has 1 heterocycles. The van der Waals surface area contributed by atoms with Crippen LogP contribution >= 0.6 is 11.6 Å². The standard InChI is InChI=1S/C20H24ClN3O2/c1-15(20(25)22-16-6-5-7-17(14-16)26-2)23-10-12-24(13-11-23)19-9-4-3-8-18(19)21/h3-9,14-15H,10-13H2,1-2H3,(H,22,25)/t15-/m0/s1. The van der Waals surface area contributed by atoms with E-state index in [9.17, 15) is 4.79 Å². The van der Waals surface area contributed by atoms with Crippen LogP contribution in [-0.4, -0.2) is 50.1 Å². The SMILES string of the molecule is COc1cccc(NC(=O)[C@H](C)N2CCN(c3ccccc3Cl)CC2)c1. The molecule has 1 aliphatic heterocycles. The van der Waals surface area contributed by atoms with Crippen LogP contribution < -0.4 is 15.0 Å². The molecular formula is C20H24ClN3O2. The number of piperazine rings is 1. The van der Waals surface area contributed by atoms with Crippen LogP contribution in [0.2, 0.25) is 5.02 Å². The van der Waals surface area contributed by atoms with Gasteiger partial charge in [-0.2, -0.15) is 0 Å². The molecule has 1 atom stereocenters. The molecule has 1 N–H and O–H groups in total. The van der Waals surface area contributed by atoms with Crippen molar-refractivity contribution in [1.82, 2.24) is 4.90 Å². The predicted molar refractivity (Wildman–Crippen MR) is 106 cm³/mol.